The number of hydrogen-bond acceptors (Lipinski definition) is 8. The highest BCUT2D eigenvalue weighted by Crippen LogP contribution is 2.28. The normalized spacial score (nSPS) is 10.2. The summed E-state index contributed by atoms with van der Waals surface area (Å²) in [4.78, 5) is 13.5. The van der Waals surface area contributed by atoms with Crippen LogP contribution in [0, 0.1) is 6.92 Å². The molecule has 0 radical (unpaired) electrons. The maximum absolute atomic E-state index is 5.35. The van der Waals surface area contributed by atoms with Gasteiger partial charge >= 0.3 is 0 Å². The first-order valence-electron chi connectivity index (χ1n) is 5.25. The summed E-state index contributed by atoms with van der Waals surface area (Å²) in [6, 6.07) is 0. The Morgan fingerprint density at radius 3 is 2.72 bits per heavy atom. The number of methoxy groups -OCH3 is 1. The summed E-state index contributed by atoms with van der Waals surface area (Å²) in [6.45, 7) is 2.60. The van der Waals surface area contributed by atoms with Gasteiger partial charge in [-0.25, -0.2) is 20.8 Å². The quantitative estimate of drug-likeness (QED) is 0.551. The van der Waals surface area contributed by atoms with Gasteiger partial charge in [-0.05, 0) is 6.92 Å². The van der Waals surface area contributed by atoms with Gasteiger partial charge in [-0.15, -0.1) is 11.3 Å². The molecule has 2 rings (SSSR count). The van der Waals surface area contributed by atoms with E-state index in [1.165, 1.54) is 18.3 Å². The molecule has 2 aromatic heterocycles. The second-order valence-corrected chi connectivity index (χ2v) is 4.79. The molecule has 2 aromatic rings. The number of nitrogen functional groups attached to an aromatic ring is 1. The molecule has 0 spiro atoms. The van der Waals surface area contributed by atoms with Crippen LogP contribution in [0.3, 0.4) is 0 Å². The minimum atomic E-state index is 0.435. The van der Waals surface area contributed by atoms with Crippen molar-refractivity contribution in [3.63, 3.8) is 0 Å². The van der Waals surface area contributed by atoms with Crippen molar-refractivity contribution < 1.29 is 4.74 Å². The predicted octanol–water partition coefficient (Wildman–Crippen LogP) is 1.15. The van der Waals surface area contributed by atoms with Gasteiger partial charge in [-0.1, -0.05) is 0 Å². The summed E-state index contributed by atoms with van der Waals surface area (Å²) in [5, 5.41) is 4.13. The Kier molecular flexibility index (Phi) is 3.90. The van der Waals surface area contributed by atoms with E-state index in [2.05, 4.69) is 25.7 Å². The molecule has 0 fully saturated rings. The van der Waals surface area contributed by atoms with Crippen molar-refractivity contribution in [3.8, 4) is 5.75 Å². The Balaban J connectivity index is 2.13. The minimum absolute atomic E-state index is 0.435. The first-order chi connectivity index (χ1) is 8.74. The van der Waals surface area contributed by atoms with E-state index in [1.54, 1.807) is 11.3 Å². The molecule has 0 aromatic carbocycles. The molecule has 0 saturated heterocycles. The van der Waals surface area contributed by atoms with Crippen molar-refractivity contribution in [1.29, 1.82) is 0 Å². The smallest absolute Gasteiger partial charge is 0.205 e. The topological polar surface area (TPSA) is 98.0 Å². The van der Waals surface area contributed by atoms with Crippen molar-refractivity contribution >= 4 is 23.0 Å². The summed E-state index contributed by atoms with van der Waals surface area (Å²) >= 11 is 1.63. The van der Waals surface area contributed by atoms with E-state index in [1.807, 2.05) is 13.1 Å². The molecule has 0 aliphatic heterocycles. The molecule has 8 heteroatoms. The van der Waals surface area contributed by atoms with Gasteiger partial charge in [-0.2, -0.15) is 0 Å². The lowest BCUT2D eigenvalue weighted by atomic mass is 10.4. The lowest BCUT2D eigenvalue weighted by Crippen LogP contribution is -2.12. The number of nitrogens with zero attached hydrogens (tertiary/aromatic N) is 3. The number of aryl methyl sites for hydroxylation is 1. The number of ether oxygens (including phenoxy) is 1. The van der Waals surface area contributed by atoms with Crippen LogP contribution in [0.5, 0.6) is 5.75 Å². The van der Waals surface area contributed by atoms with Gasteiger partial charge < -0.3 is 15.5 Å². The molecule has 0 amide bonds. The summed E-state index contributed by atoms with van der Waals surface area (Å²) in [5.74, 6) is 6.84. The fourth-order valence-electron chi connectivity index (χ4n) is 1.44. The fourth-order valence-corrected chi connectivity index (χ4v) is 2.17. The largest absolute Gasteiger partial charge is 0.490 e. The van der Waals surface area contributed by atoms with Crippen molar-refractivity contribution in [2.75, 3.05) is 17.9 Å². The van der Waals surface area contributed by atoms with E-state index in [0.29, 0.717) is 23.9 Å². The molecule has 96 valence electrons. The highest BCUT2D eigenvalue weighted by atomic mass is 32.1. The molecule has 0 unspecified atom stereocenters. The lowest BCUT2D eigenvalue weighted by molar-refractivity contribution is 0.414. The maximum atomic E-state index is 5.35. The van der Waals surface area contributed by atoms with Crippen LogP contribution in [0.2, 0.25) is 0 Å². The number of hydrazine groups is 1. The highest BCUT2D eigenvalue weighted by molar-refractivity contribution is 7.11. The van der Waals surface area contributed by atoms with Gasteiger partial charge in [-0.3, -0.25) is 0 Å². The van der Waals surface area contributed by atoms with Gasteiger partial charge in [0.1, 0.15) is 11.3 Å². The zero-order chi connectivity index (χ0) is 13.0. The van der Waals surface area contributed by atoms with Gasteiger partial charge in [0.2, 0.25) is 5.75 Å². The predicted molar refractivity (Wildman–Crippen MR) is 70.6 cm³/mol. The molecule has 7 nitrogen and oxygen atoms in total. The van der Waals surface area contributed by atoms with Crippen LogP contribution in [0.25, 0.3) is 0 Å². The third kappa shape index (κ3) is 2.66. The molecule has 0 aliphatic carbocycles. The number of nitrogens with one attached hydrogen (secondary N) is 2. The number of rotatable bonds is 5. The molecule has 18 heavy (non-hydrogen) atoms. The van der Waals surface area contributed by atoms with Gasteiger partial charge in [0.15, 0.2) is 11.6 Å². The molecule has 4 N–H and O–H groups in total. The summed E-state index contributed by atoms with van der Waals surface area (Å²) in [5.41, 5.74) is 2.46. The standard InChI is InChI=1S/C10H14N6OS/c1-6-3-12-7(18-6)4-13-9-8(17-2)10(16-11)15-5-14-9/h3,5H,4,11H2,1-2H3,(H2,13,14,15,16). The minimum Gasteiger partial charge on any atom is -0.490 e. The third-order valence-corrected chi connectivity index (χ3v) is 3.13. The fraction of sp³-hybridized carbons (Fsp3) is 0.300. The summed E-state index contributed by atoms with van der Waals surface area (Å²) in [7, 11) is 1.54. The average Bonchev–Trinajstić information content (AvgIpc) is 2.81. The zero-order valence-electron chi connectivity index (χ0n) is 10.1. The monoisotopic (exact) mass is 266 g/mol. The van der Waals surface area contributed by atoms with Crippen molar-refractivity contribution in [3.05, 3.63) is 22.4 Å². The number of thiazole rings is 1. The Bertz CT molecular complexity index is 529. The molecular weight excluding hydrogens is 252 g/mol. The first kappa shape index (κ1) is 12.5. The van der Waals surface area contributed by atoms with E-state index in [4.69, 9.17) is 10.6 Å². The Labute approximate surface area is 108 Å². The molecular formula is C10H14N6OS. The van der Waals surface area contributed by atoms with Crippen LogP contribution in [-0.4, -0.2) is 22.1 Å². The van der Waals surface area contributed by atoms with Crippen LogP contribution < -0.4 is 21.3 Å². The van der Waals surface area contributed by atoms with E-state index in [-0.39, 0.29) is 0 Å². The molecule has 0 atom stereocenters. The van der Waals surface area contributed by atoms with Crippen molar-refractivity contribution in [1.82, 2.24) is 15.0 Å². The first-order valence-corrected chi connectivity index (χ1v) is 6.07. The second kappa shape index (κ2) is 5.61. The van der Waals surface area contributed by atoms with E-state index in [0.717, 1.165) is 5.01 Å². The van der Waals surface area contributed by atoms with E-state index < -0.39 is 0 Å². The van der Waals surface area contributed by atoms with Crippen LogP contribution in [-0.2, 0) is 6.54 Å². The van der Waals surface area contributed by atoms with E-state index >= 15 is 0 Å². The summed E-state index contributed by atoms with van der Waals surface area (Å²) < 4.78 is 5.21. The van der Waals surface area contributed by atoms with Crippen LogP contribution in [0.15, 0.2) is 12.5 Å². The number of aromatic nitrogens is 3. The Morgan fingerprint density at radius 2 is 2.11 bits per heavy atom. The van der Waals surface area contributed by atoms with E-state index in [9.17, 15) is 0 Å². The lowest BCUT2D eigenvalue weighted by Gasteiger charge is -2.11. The maximum Gasteiger partial charge on any atom is 0.205 e. The van der Waals surface area contributed by atoms with Gasteiger partial charge in [0.25, 0.3) is 0 Å². The summed E-state index contributed by atoms with van der Waals surface area (Å²) in [6.07, 6.45) is 3.25. The number of nitrogens with two attached hydrogens (primary N) is 1. The SMILES string of the molecule is COc1c(NN)ncnc1NCc1ncc(C)s1. The number of hydrogen-bond donors (Lipinski definition) is 3. The van der Waals surface area contributed by atoms with Gasteiger partial charge in [0, 0.05) is 11.1 Å². The van der Waals surface area contributed by atoms with Crippen molar-refractivity contribution in [2.45, 2.75) is 13.5 Å². The van der Waals surface area contributed by atoms with Crippen LogP contribution >= 0.6 is 11.3 Å². The highest BCUT2D eigenvalue weighted by Gasteiger charge is 2.11. The van der Waals surface area contributed by atoms with Gasteiger partial charge in [0.05, 0.1) is 13.7 Å². The third-order valence-electron chi connectivity index (χ3n) is 2.22. The van der Waals surface area contributed by atoms with Crippen molar-refractivity contribution in [2.24, 2.45) is 5.84 Å². The molecule has 0 saturated carbocycles. The van der Waals surface area contributed by atoms with Crippen LogP contribution in [0.4, 0.5) is 11.6 Å². The Hall–Kier alpha value is -1.93. The average molecular weight is 266 g/mol. The second-order valence-electron chi connectivity index (χ2n) is 3.47. The molecule has 0 aliphatic rings. The zero-order valence-corrected chi connectivity index (χ0v) is 10.9. The molecule has 2 heterocycles. The Morgan fingerprint density at radius 1 is 1.33 bits per heavy atom. The van der Waals surface area contributed by atoms with Crippen LogP contribution in [0.1, 0.15) is 9.88 Å². The molecule has 0 bridgehead atoms. The number of anilines is 2.